The monoisotopic (exact) mass is 448 g/mol. The lowest BCUT2D eigenvalue weighted by Gasteiger charge is -2.37. The Hall–Kier alpha value is -1.53. The van der Waals surface area contributed by atoms with Gasteiger partial charge in [0.25, 0.3) is 0 Å². The molecule has 8 heteroatoms. The van der Waals surface area contributed by atoms with Crippen LogP contribution in [0.2, 0.25) is 0 Å². The Labute approximate surface area is 181 Å². The summed E-state index contributed by atoms with van der Waals surface area (Å²) in [5, 5.41) is 1.01. The predicted molar refractivity (Wildman–Crippen MR) is 120 cm³/mol. The average Bonchev–Trinajstić information content (AvgIpc) is 3.51. The summed E-state index contributed by atoms with van der Waals surface area (Å²) < 4.78 is 25.1. The van der Waals surface area contributed by atoms with Gasteiger partial charge >= 0.3 is 5.97 Å². The third-order valence-electron chi connectivity index (χ3n) is 5.98. The molecule has 0 radical (unpaired) electrons. The number of carbonyl (C=O) groups is 2. The Morgan fingerprint density at radius 2 is 2.03 bits per heavy atom. The second-order valence-electron chi connectivity index (χ2n) is 8.11. The highest BCUT2D eigenvalue weighted by Crippen LogP contribution is 2.60. The third kappa shape index (κ3) is 4.26. The maximum absolute atomic E-state index is 14.6. The molecule has 3 heterocycles. The summed E-state index contributed by atoms with van der Waals surface area (Å²) >= 11 is 1.47. The fourth-order valence-electron chi connectivity index (χ4n) is 4.54. The van der Waals surface area contributed by atoms with E-state index < -0.39 is 13.5 Å². The molecule has 0 saturated carbocycles. The van der Waals surface area contributed by atoms with Crippen LogP contribution in [0.25, 0.3) is 10.1 Å². The molecule has 0 aliphatic carbocycles. The van der Waals surface area contributed by atoms with Crippen molar-refractivity contribution >= 4 is 41.1 Å². The molecule has 0 bridgehead atoms. The average molecular weight is 449 g/mol. The summed E-state index contributed by atoms with van der Waals surface area (Å²) in [5.74, 6) is -0.238. The molecule has 162 valence electrons. The Morgan fingerprint density at radius 1 is 1.23 bits per heavy atom. The van der Waals surface area contributed by atoms with Crippen LogP contribution in [0.5, 0.6) is 0 Å². The van der Waals surface area contributed by atoms with Crippen molar-refractivity contribution in [3.05, 3.63) is 34.7 Å². The zero-order chi connectivity index (χ0) is 21.1. The van der Waals surface area contributed by atoms with Gasteiger partial charge in [-0.3, -0.25) is 14.2 Å². The molecule has 2 aromatic rings. The smallest absolute Gasteiger partial charge is 0.323 e. The first-order chi connectivity index (χ1) is 14.5. The van der Waals surface area contributed by atoms with Gasteiger partial charge in [0.2, 0.25) is 7.44 Å². The highest BCUT2D eigenvalue weighted by Gasteiger charge is 2.46. The maximum Gasteiger partial charge on any atom is 0.323 e. The number of carbonyl (C=O) groups excluding carboxylic acids is 2. The second-order valence-corrected chi connectivity index (χ2v) is 12.0. The van der Waals surface area contributed by atoms with E-state index in [0.717, 1.165) is 60.7 Å². The number of fused-ring (bicyclic) bond motifs is 1. The minimum absolute atomic E-state index is 0.238. The first-order valence-corrected chi connectivity index (χ1v) is 13.4. The van der Waals surface area contributed by atoms with E-state index in [2.05, 4.69) is 4.67 Å². The quantitative estimate of drug-likeness (QED) is 0.324. The van der Waals surface area contributed by atoms with Crippen molar-refractivity contribution in [3.63, 3.8) is 0 Å². The topological polar surface area (TPSA) is 66.9 Å². The van der Waals surface area contributed by atoms with Gasteiger partial charge in [-0.05, 0) is 61.3 Å². The van der Waals surface area contributed by atoms with Gasteiger partial charge in [-0.15, -0.1) is 11.3 Å². The fourth-order valence-corrected chi connectivity index (χ4v) is 8.78. The normalized spacial score (nSPS) is 22.4. The van der Waals surface area contributed by atoms with Gasteiger partial charge in [0.1, 0.15) is 6.04 Å². The van der Waals surface area contributed by atoms with Crippen LogP contribution in [-0.2, 0) is 20.3 Å². The molecule has 2 aliphatic heterocycles. The summed E-state index contributed by atoms with van der Waals surface area (Å²) in [5.41, 5.74) is 0.987. The third-order valence-corrected chi connectivity index (χ3v) is 10.4. The van der Waals surface area contributed by atoms with Crippen LogP contribution in [-0.4, -0.2) is 53.9 Å². The van der Waals surface area contributed by atoms with E-state index >= 15 is 0 Å². The van der Waals surface area contributed by atoms with Crippen LogP contribution in [0.15, 0.2) is 24.3 Å². The lowest BCUT2D eigenvalue weighted by atomic mass is 10.2. The van der Waals surface area contributed by atoms with Crippen LogP contribution in [0, 0.1) is 0 Å². The first-order valence-electron chi connectivity index (χ1n) is 10.8. The summed E-state index contributed by atoms with van der Waals surface area (Å²) in [6, 6.07) is 7.53. The molecular formula is C22H29N2O4PS. The Bertz CT molecular complexity index is 969. The Balaban J connectivity index is 1.64. The summed E-state index contributed by atoms with van der Waals surface area (Å²) in [4.78, 5) is 24.5. The van der Waals surface area contributed by atoms with Gasteiger partial charge in [-0.1, -0.05) is 13.0 Å². The Kier molecular flexibility index (Phi) is 6.73. The van der Waals surface area contributed by atoms with E-state index in [1.807, 2.05) is 35.9 Å². The van der Waals surface area contributed by atoms with Crippen LogP contribution in [0.4, 0.5) is 0 Å². The standard InChI is InChI=1S/C22H29N2O4PS/c1-2-12-28-22(26)20-6-5-11-24(20)29(27,23-9-3-4-10-23)16-17-7-8-21-18(13-17)14-19(15-25)30-21/h7-8,13-15,20H,2-6,9-12,16H2,1H3. The number of rotatable bonds is 8. The molecule has 2 saturated heterocycles. The molecule has 1 aromatic heterocycles. The number of benzene rings is 1. The SMILES string of the molecule is CCCOC(=O)C1CCCN1P(=O)(Cc1ccc2sc(C=O)cc2c1)N1CCCC1. The van der Waals surface area contributed by atoms with E-state index in [1.54, 1.807) is 0 Å². The van der Waals surface area contributed by atoms with E-state index in [-0.39, 0.29) is 5.97 Å². The molecule has 2 atom stereocenters. The molecule has 0 N–H and O–H groups in total. The summed E-state index contributed by atoms with van der Waals surface area (Å²) in [6.07, 6.45) is 5.70. The van der Waals surface area contributed by atoms with Crippen molar-refractivity contribution < 1.29 is 18.9 Å². The van der Waals surface area contributed by atoms with E-state index in [9.17, 15) is 14.2 Å². The van der Waals surface area contributed by atoms with Gasteiger partial charge in [-0.25, -0.2) is 9.34 Å². The zero-order valence-corrected chi connectivity index (χ0v) is 19.1. The number of hydrogen-bond donors (Lipinski definition) is 0. The van der Waals surface area contributed by atoms with Crippen molar-refractivity contribution in [1.29, 1.82) is 0 Å². The van der Waals surface area contributed by atoms with Gasteiger partial charge < -0.3 is 4.74 Å². The molecular weight excluding hydrogens is 419 g/mol. The molecule has 4 rings (SSSR count). The number of nitrogens with zero attached hydrogens (tertiary/aromatic N) is 2. The summed E-state index contributed by atoms with van der Waals surface area (Å²) in [7, 11) is -2.96. The number of thiophene rings is 1. The van der Waals surface area contributed by atoms with Gasteiger partial charge in [0.15, 0.2) is 6.29 Å². The van der Waals surface area contributed by atoms with Crippen molar-refractivity contribution in [2.45, 2.75) is 51.2 Å². The highest BCUT2D eigenvalue weighted by atomic mass is 32.1. The summed E-state index contributed by atoms with van der Waals surface area (Å²) in [6.45, 7) is 4.66. The molecule has 0 amide bonds. The number of esters is 1. The van der Waals surface area contributed by atoms with Gasteiger partial charge in [-0.2, -0.15) is 0 Å². The maximum atomic E-state index is 14.6. The second kappa shape index (κ2) is 9.31. The van der Waals surface area contributed by atoms with Crippen LogP contribution < -0.4 is 0 Å². The van der Waals surface area contributed by atoms with Crippen molar-refractivity contribution in [2.75, 3.05) is 26.2 Å². The number of aldehydes is 1. The number of ether oxygens (including phenoxy) is 1. The van der Waals surface area contributed by atoms with E-state index in [0.29, 0.717) is 30.6 Å². The van der Waals surface area contributed by atoms with Crippen LogP contribution >= 0.6 is 18.8 Å². The van der Waals surface area contributed by atoms with Crippen molar-refractivity contribution in [1.82, 2.24) is 9.34 Å². The predicted octanol–water partition coefficient (Wildman–Crippen LogP) is 4.92. The molecule has 2 fully saturated rings. The zero-order valence-electron chi connectivity index (χ0n) is 17.4. The largest absolute Gasteiger partial charge is 0.465 e. The highest BCUT2D eigenvalue weighted by molar-refractivity contribution is 7.58. The van der Waals surface area contributed by atoms with Crippen LogP contribution in [0.3, 0.4) is 0 Å². The lowest BCUT2D eigenvalue weighted by Crippen LogP contribution is -2.39. The van der Waals surface area contributed by atoms with Gasteiger partial charge in [0.05, 0.1) is 17.6 Å². The molecule has 2 unspecified atom stereocenters. The first kappa shape index (κ1) is 21.7. The van der Waals surface area contributed by atoms with Crippen molar-refractivity contribution in [3.8, 4) is 0 Å². The molecule has 1 aromatic carbocycles. The molecule has 6 nitrogen and oxygen atoms in total. The van der Waals surface area contributed by atoms with E-state index in [4.69, 9.17) is 4.74 Å². The minimum Gasteiger partial charge on any atom is -0.465 e. The molecule has 2 aliphatic rings. The Morgan fingerprint density at radius 3 is 2.77 bits per heavy atom. The van der Waals surface area contributed by atoms with Crippen LogP contribution in [0.1, 0.15) is 54.3 Å². The minimum atomic E-state index is -2.96. The molecule has 0 spiro atoms. The van der Waals surface area contributed by atoms with Gasteiger partial charge in [0, 0.05) is 24.3 Å². The number of hydrogen-bond acceptors (Lipinski definition) is 5. The molecule has 30 heavy (non-hydrogen) atoms. The van der Waals surface area contributed by atoms with Crippen molar-refractivity contribution in [2.24, 2.45) is 0 Å². The fraction of sp³-hybridized carbons (Fsp3) is 0.545. The van der Waals surface area contributed by atoms with E-state index in [1.165, 1.54) is 11.3 Å². The lowest BCUT2D eigenvalue weighted by molar-refractivity contribution is -0.147.